The summed E-state index contributed by atoms with van der Waals surface area (Å²) in [6.45, 7) is 0.890. The largest absolute Gasteiger partial charge is 0.399 e. The number of benzene rings is 1. The summed E-state index contributed by atoms with van der Waals surface area (Å²) in [4.78, 5) is 18.7. The third-order valence-corrected chi connectivity index (χ3v) is 4.11. The molecule has 0 bridgehead atoms. The molecule has 0 saturated carbocycles. The fourth-order valence-electron chi connectivity index (χ4n) is 3.06. The lowest BCUT2D eigenvalue weighted by molar-refractivity contribution is -0.122. The van der Waals surface area contributed by atoms with E-state index >= 15 is 0 Å². The van der Waals surface area contributed by atoms with Gasteiger partial charge < -0.3 is 16.0 Å². The van der Waals surface area contributed by atoms with Gasteiger partial charge in [-0.1, -0.05) is 0 Å². The number of hydrogen-bond acceptors (Lipinski definition) is 4. The van der Waals surface area contributed by atoms with Crippen LogP contribution in [0.3, 0.4) is 0 Å². The van der Waals surface area contributed by atoms with Gasteiger partial charge >= 0.3 is 0 Å². The zero-order valence-corrected chi connectivity index (χ0v) is 12.2. The molecule has 0 aliphatic carbocycles. The van der Waals surface area contributed by atoms with Crippen molar-refractivity contribution < 1.29 is 4.79 Å². The highest BCUT2D eigenvalue weighted by Gasteiger charge is 2.29. The van der Waals surface area contributed by atoms with E-state index in [1.165, 1.54) is 0 Å². The van der Waals surface area contributed by atoms with Crippen molar-refractivity contribution in [1.29, 1.82) is 0 Å². The average molecular weight is 284 g/mol. The van der Waals surface area contributed by atoms with Crippen molar-refractivity contribution in [3.63, 3.8) is 0 Å². The van der Waals surface area contributed by atoms with Gasteiger partial charge in [0, 0.05) is 36.6 Å². The molecule has 0 radical (unpaired) electrons. The van der Waals surface area contributed by atoms with Crippen molar-refractivity contribution >= 4 is 28.2 Å². The van der Waals surface area contributed by atoms with E-state index in [0.29, 0.717) is 5.69 Å². The van der Waals surface area contributed by atoms with Crippen LogP contribution in [0.5, 0.6) is 0 Å². The Morgan fingerprint density at radius 1 is 1.38 bits per heavy atom. The van der Waals surface area contributed by atoms with Crippen LogP contribution in [0.2, 0.25) is 0 Å². The molecule has 0 spiro atoms. The Hall–Kier alpha value is -2.30. The van der Waals surface area contributed by atoms with Crippen LogP contribution >= 0.6 is 0 Å². The predicted molar refractivity (Wildman–Crippen MR) is 85.2 cm³/mol. The van der Waals surface area contributed by atoms with Crippen LogP contribution in [0.15, 0.2) is 30.5 Å². The summed E-state index contributed by atoms with van der Waals surface area (Å²) in [5, 5.41) is 3.82. The number of nitrogens with one attached hydrogen (secondary N) is 1. The first-order valence-electron chi connectivity index (χ1n) is 7.33. The zero-order valence-electron chi connectivity index (χ0n) is 12.2. The standard InChI is InChI=1S/C16H20N4O/c1-18-16(21)15-4-2-3-9-20(15)14-7-8-19-13-10-11(17)5-6-12(13)14/h5-8,10,15H,2-4,9,17H2,1H3,(H,18,21). The lowest BCUT2D eigenvalue weighted by Crippen LogP contribution is -2.49. The molecule has 1 aromatic heterocycles. The van der Waals surface area contributed by atoms with Crippen molar-refractivity contribution in [3.05, 3.63) is 30.5 Å². The number of nitrogen functional groups attached to an aromatic ring is 1. The molecule has 1 fully saturated rings. The van der Waals surface area contributed by atoms with Gasteiger partial charge in [0.15, 0.2) is 0 Å². The Balaban J connectivity index is 2.07. The highest BCUT2D eigenvalue weighted by molar-refractivity contribution is 5.95. The van der Waals surface area contributed by atoms with E-state index in [1.807, 2.05) is 24.3 Å². The van der Waals surface area contributed by atoms with Crippen LogP contribution < -0.4 is 16.0 Å². The van der Waals surface area contributed by atoms with Gasteiger partial charge in [-0.2, -0.15) is 0 Å². The molecule has 3 N–H and O–H groups in total. The maximum atomic E-state index is 12.2. The number of piperidine rings is 1. The highest BCUT2D eigenvalue weighted by Crippen LogP contribution is 2.31. The van der Waals surface area contributed by atoms with Crippen molar-refractivity contribution in [3.8, 4) is 0 Å². The molecule has 1 aliphatic rings. The van der Waals surface area contributed by atoms with Gasteiger partial charge in [0.1, 0.15) is 6.04 Å². The number of nitrogens with zero attached hydrogens (tertiary/aromatic N) is 2. The lowest BCUT2D eigenvalue weighted by Gasteiger charge is -2.36. The topological polar surface area (TPSA) is 71.2 Å². The minimum absolute atomic E-state index is 0.0788. The molecule has 110 valence electrons. The smallest absolute Gasteiger partial charge is 0.242 e. The highest BCUT2D eigenvalue weighted by atomic mass is 16.2. The van der Waals surface area contributed by atoms with Gasteiger partial charge in [0.25, 0.3) is 0 Å². The monoisotopic (exact) mass is 284 g/mol. The van der Waals surface area contributed by atoms with Crippen molar-refractivity contribution in [1.82, 2.24) is 10.3 Å². The summed E-state index contributed by atoms with van der Waals surface area (Å²) in [7, 11) is 1.69. The molecule has 1 saturated heterocycles. The van der Waals surface area contributed by atoms with Crippen molar-refractivity contribution in [2.75, 3.05) is 24.2 Å². The Morgan fingerprint density at radius 2 is 2.24 bits per heavy atom. The van der Waals surface area contributed by atoms with E-state index in [4.69, 9.17) is 5.73 Å². The second-order valence-corrected chi connectivity index (χ2v) is 5.43. The minimum atomic E-state index is -0.105. The third kappa shape index (κ3) is 2.51. The fourth-order valence-corrected chi connectivity index (χ4v) is 3.06. The quantitative estimate of drug-likeness (QED) is 0.827. The van der Waals surface area contributed by atoms with E-state index in [-0.39, 0.29) is 11.9 Å². The molecule has 5 nitrogen and oxygen atoms in total. The van der Waals surface area contributed by atoms with E-state index < -0.39 is 0 Å². The number of aromatic nitrogens is 1. The molecule has 3 rings (SSSR count). The first kappa shape index (κ1) is 13.7. The second-order valence-electron chi connectivity index (χ2n) is 5.43. The van der Waals surface area contributed by atoms with Crippen LogP contribution in [-0.2, 0) is 4.79 Å². The summed E-state index contributed by atoms with van der Waals surface area (Å²) in [6.07, 6.45) is 4.86. The van der Waals surface area contributed by atoms with Crippen LogP contribution in [0.4, 0.5) is 11.4 Å². The summed E-state index contributed by atoms with van der Waals surface area (Å²) < 4.78 is 0. The van der Waals surface area contributed by atoms with Gasteiger partial charge in [-0.25, -0.2) is 0 Å². The summed E-state index contributed by atoms with van der Waals surface area (Å²) >= 11 is 0. The molecule has 5 heteroatoms. The average Bonchev–Trinajstić information content (AvgIpc) is 2.53. The molecule has 1 atom stereocenters. The van der Waals surface area contributed by atoms with Crippen LogP contribution in [0.1, 0.15) is 19.3 Å². The first-order chi connectivity index (χ1) is 10.2. The molecule has 1 amide bonds. The summed E-state index contributed by atoms with van der Waals surface area (Å²) in [5.41, 5.74) is 8.47. The number of rotatable bonds is 2. The number of nitrogens with two attached hydrogens (primary N) is 1. The predicted octanol–water partition coefficient (Wildman–Crippen LogP) is 1.92. The lowest BCUT2D eigenvalue weighted by atomic mass is 9.99. The summed E-state index contributed by atoms with van der Waals surface area (Å²) in [5.74, 6) is 0.0788. The summed E-state index contributed by atoms with van der Waals surface area (Å²) in [6, 6.07) is 7.62. The Labute approximate surface area is 124 Å². The fraction of sp³-hybridized carbons (Fsp3) is 0.375. The van der Waals surface area contributed by atoms with Gasteiger partial charge in [0.05, 0.1) is 5.52 Å². The number of carbonyl (C=O) groups excluding carboxylic acids is 1. The van der Waals surface area contributed by atoms with E-state index in [0.717, 1.165) is 42.4 Å². The molecular formula is C16H20N4O. The Bertz CT molecular complexity index is 670. The number of carbonyl (C=O) groups is 1. The van der Waals surface area contributed by atoms with E-state index in [1.54, 1.807) is 13.2 Å². The van der Waals surface area contributed by atoms with Crippen LogP contribution in [0.25, 0.3) is 10.9 Å². The normalized spacial score (nSPS) is 18.7. The third-order valence-electron chi connectivity index (χ3n) is 4.11. The molecule has 1 aliphatic heterocycles. The minimum Gasteiger partial charge on any atom is -0.399 e. The van der Waals surface area contributed by atoms with Crippen molar-refractivity contribution in [2.24, 2.45) is 0 Å². The maximum absolute atomic E-state index is 12.2. The molecule has 1 unspecified atom stereocenters. The Kier molecular flexibility index (Phi) is 3.64. The number of fused-ring (bicyclic) bond motifs is 1. The molecule has 1 aromatic carbocycles. The number of hydrogen-bond donors (Lipinski definition) is 2. The maximum Gasteiger partial charge on any atom is 0.242 e. The number of likely N-dealkylation sites (N-methyl/N-ethyl adjacent to an activating group) is 1. The number of amides is 1. The first-order valence-corrected chi connectivity index (χ1v) is 7.33. The molecule has 2 aromatic rings. The van der Waals surface area contributed by atoms with Gasteiger partial charge in [0.2, 0.25) is 5.91 Å². The van der Waals surface area contributed by atoms with Gasteiger partial charge in [-0.3, -0.25) is 9.78 Å². The van der Waals surface area contributed by atoms with E-state index in [2.05, 4.69) is 15.2 Å². The zero-order chi connectivity index (χ0) is 14.8. The SMILES string of the molecule is CNC(=O)C1CCCCN1c1ccnc2cc(N)ccc12. The molecular weight excluding hydrogens is 264 g/mol. The van der Waals surface area contributed by atoms with E-state index in [9.17, 15) is 4.79 Å². The van der Waals surface area contributed by atoms with Crippen molar-refractivity contribution in [2.45, 2.75) is 25.3 Å². The molecule has 2 heterocycles. The van der Waals surface area contributed by atoms with Crippen LogP contribution in [-0.4, -0.2) is 30.5 Å². The second kappa shape index (κ2) is 5.60. The van der Waals surface area contributed by atoms with Gasteiger partial charge in [-0.15, -0.1) is 0 Å². The van der Waals surface area contributed by atoms with Crippen LogP contribution in [0, 0.1) is 0 Å². The van der Waals surface area contributed by atoms with Gasteiger partial charge in [-0.05, 0) is 43.5 Å². The Morgan fingerprint density at radius 3 is 3.05 bits per heavy atom. The number of anilines is 2. The number of pyridine rings is 1. The molecule has 21 heavy (non-hydrogen) atoms.